The third-order valence-electron chi connectivity index (χ3n) is 9.34. The number of hydrogen-bond donors (Lipinski definition) is 2. The molecule has 0 saturated heterocycles. The van der Waals surface area contributed by atoms with Gasteiger partial charge in [-0.1, -0.05) is 171 Å². The van der Waals surface area contributed by atoms with Crippen LogP contribution in [0.4, 0.5) is 0 Å². The largest absolute Gasteiger partial charge is 0.351 e. The maximum Gasteiger partial charge on any atom is 0.231 e. The molecular formula is C42H40N2O2P2. The summed E-state index contributed by atoms with van der Waals surface area (Å²) >= 11 is 0. The Morgan fingerprint density at radius 1 is 0.479 bits per heavy atom. The van der Waals surface area contributed by atoms with Crippen LogP contribution in [0.5, 0.6) is 0 Å². The Morgan fingerprint density at radius 2 is 0.792 bits per heavy atom. The molecule has 7 rings (SSSR count). The van der Waals surface area contributed by atoms with E-state index in [2.05, 4.69) is 120 Å². The van der Waals surface area contributed by atoms with Gasteiger partial charge in [-0.3, -0.25) is 9.59 Å². The van der Waals surface area contributed by atoms with Crippen LogP contribution in [0.25, 0.3) is 0 Å². The van der Waals surface area contributed by atoms with Gasteiger partial charge in [0.1, 0.15) is 0 Å². The lowest BCUT2D eigenvalue weighted by molar-refractivity contribution is -0.126. The third kappa shape index (κ3) is 7.07. The maximum atomic E-state index is 14.1. The third-order valence-corrected chi connectivity index (χ3v) is 14.5. The molecule has 2 N–H and O–H groups in total. The lowest BCUT2D eigenvalue weighted by Crippen LogP contribution is -2.55. The van der Waals surface area contributed by atoms with Crippen molar-refractivity contribution in [3.8, 4) is 0 Å². The fraction of sp³-hybridized carbons (Fsp3) is 0.190. The van der Waals surface area contributed by atoms with Gasteiger partial charge in [-0.2, -0.15) is 0 Å². The van der Waals surface area contributed by atoms with E-state index in [1.165, 1.54) is 21.2 Å². The number of benzene rings is 4. The van der Waals surface area contributed by atoms with Crippen molar-refractivity contribution in [2.24, 2.45) is 11.8 Å². The molecule has 2 unspecified atom stereocenters. The van der Waals surface area contributed by atoms with Crippen LogP contribution in [-0.2, 0) is 9.59 Å². The molecule has 4 aromatic carbocycles. The quantitative estimate of drug-likeness (QED) is 0.180. The van der Waals surface area contributed by atoms with E-state index in [9.17, 15) is 9.59 Å². The minimum absolute atomic E-state index is 0.0125. The van der Waals surface area contributed by atoms with E-state index in [4.69, 9.17) is 0 Å². The first-order valence-electron chi connectivity index (χ1n) is 16.9. The SMILES string of the molecule is O=C(N[C@@H]1CCCC[C@H]1NC(=O)C1C=CC=C1P(c1ccccc1)c1ccccc1)C1C=CC=C1P(c1ccccc1)c1ccccc1. The summed E-state index contributed by atoms with van der Waals surface area (Å²) in [6, 6.07) is 41.8. The van der Waals surface area contributed by atoms with Crippen LogP contribution in [0.2, 0.25) is 0 Å². The number of rotatable bonds is 10. The lowest BCUT2D eigenvalue weighted by Gasteiger charge is -2.35. The zero-order valence-corrected chi connectivity index (χ0v) is 28.6. The van der Waals surface area contributed by atoms with E-state index in [0.717, 1.165) is 36.3 Å². The van der Waals surface area contributed by atoms with E-state index in [1.54, 1.807) is 0 Å². The Labute approximate surface area is 286 Å². The Bertz CT molecular complexity index is 1620. The van der Waals surface area contributed by atoms with Crippen molar-refractivity contribution in [2.45, 2.75) is 37.8 Å². The number of allylic oxidation sites excluding steroid dienone is 4. The van der Waals surface area contributed by atoms with Gasteiger partial charge in [0.2, 0.25) is 11.8 Å². The van der Waals surface area contributed by atoms with E-state index >= 15 is 0 Å². The van der Waals surface area contributed by atoms with E-state index < -0.39 is 15.8 Å². The van der Waals surface area contributed by atoms with Crippen LogP contribution >= 0.6 is 15.8 Å². The maximum absolute atomic E-state index is 14.1. The average molecular weight is 667 g/mol. The van der Waals surface area contributed by atoms with Crippen molar-refractivity contribution in [3.63, 3.8) is 0 Å². The van der Waals surface area contributed by atoms with Crippen LogP contribution in [0.1, 0.15) is 25.7 Å². The lowest BCUT2D eigenvalue weighted by atomic mass is 9.89. The fourth-order valence-corrected chi connectivity index (χ4v) is 12.1. The van der Waals surface area contributed by atoms with E-state index in [1.807, 2.05) is 48.6 Å². The standard InChI is InChI=1S/C42H40N2O2P2/c45-41(35-25-15-29-39(35)47(31-17-5-1-6-18-31)32-19-7-2-8-20-32)43-37-27-13-14-28-38(37)44-42(46)36-26-16-30-40(36)48(33-21-9-3-10-22-33)34-23-11-4-12-24-34/h1-12,15-26,29-30,35-38H,13-14,27-28H2,(H,43,45)(H,44,46)/t35?,36?,37-,38-/m1/s1. The molecule has 3 aliphatic rings. The molecule has 0 aromatic heterocycles. The second kappa shape index (κ2) is 15.2. The molecule has 0 radical (unpaired) electrons. The van der Waals surface area contributed by atoms with Gasteiger partial charge in [-0.15, -0.1) is 0 Å². The molecule has 4 atom stereocenters. The number of nitrogens with one attached hydrogen (secondary N) is 2. The van der Waals surface area contributed by atoms with Crippen molar-refractivity contribution in [3.05, 3.63) is 168 Å². The van der Waals surface area contributed by atoms with Gasteiger partial charge in [0.15, 0.2) is 0 Å². The summed E-state index contributed by atoms with van der Waals surface area (Å²) in [5, 5.41) is 14.0. The first kappa shape index (κ1) is 32.2. The van der Waals surface area contributed by atoms with Gasteiger partial charge >= 0.3 is 0 Å². The minimum Gasteiger partial charge on any atom is -0.351 e. The van der Waals surface area contributed by atoms with Crippen LogP contribution in [-0.4, -0.2) is 23.9 Å². The summed E-state index contributed by atoms with van der Waals surface area (Å²) in [4.78, 5) is 28.2. The molecular weight excluding hydrogens is 626 g/mol. The molecule has 6 heteroatoms. The smallest absolute Gasteiger partial charge is 0.231 e. The Morgan fingerprint density at radius 3 is 1.10 bits per heavy atom. The molecule has 240 valence electrons. The van der Waals surface area contributed by atoms with Gasteiger partial charge in [-0.05, 0) is 60.5 Å². The Kier molecular flexibility index (Phi) is 10.2. The molecule has 4 nitrogen and oxygen atoms in total. The minimum atomic E-state index is -0.872. The molecule has 4 aromatic rings. The van der Waals surface area contributed by atoms with Crippen molar-refractivity contribution >= 4 is 48.9 Å². The summed E-state index contributed by atoms with van der Waals surface area (Å²) < 4.78 is 0. The predicted molar refractivity (Wildman–Crippen MR) is 202 cm³/mol. The van der Waals surface area contributed by atoms with E-state index in [-0.39, 0.29) is 35.7 Å². The summed E-state index contributed by atoms with van der Waals surface area (Å²) in [6.45, 7) is 0. The van der Waals surface area contributed by atoms with Gasteiger partial charge < -0.3 is 10.6 Å². The molecule has 1 fully saturated rings. The summed E-state index contributed by atoms with van der Waals surface area (Å²) in [5.41, 5.74) is 0. The van der Waals surface area contributed by atoms with E-state index in [0.29, 0.717) is 0 Å². The van der Waals surface area contributed by atoms with Crippen LogP contribution < -0.4 is 31.9 Å². The second-order valence-corrected chi connectivity index (χ2v) is 16.9. The number of amides is 2. The summed E-state index contributed by atoms with van der Waals surface area (Å²) in [7, 11) is -1.74. The average Bonchev–Trinajstić information content (AvgIpc) is 3.82. The van der Waals surface area contributed by atoms with Crippen LogP contribution in [0.15, 0.2) is 168 Å². The molecule has 2 amide bonds. The van der Waals surface area contributed by atoms with Gasteiger partial charge in [0, 0.05) is 12.1 Å². The molecule has 0 spiro atoms. The first-order chi connectivity index (χ1) is 23.7. The molecule has 1 saturated carbocycles. The molecule has 3 aliphatic carbocycles. The zero-order chi connectivity index (χ0) is 32.7. The number of hydrogen-bond acceptors (Lipinski definition) is 2. The summed E-state index contributed by atoms with van der Waals surface area (Å²) in [6.07, 6.45) is 16.1. The predicted octanol–water partition coefficient (Wildman–Crippen LogP) is 6.94. The topological polar surface area (TPSA) is 58.2 Å². The highest BCUT2D eigenvalue weighted by Gasteiger charge is 2.36. The zero-order valence-electron chi connectivity index (χ0n) is 26.9. The second-order valence-electron chi connectivity index (χ2n) is 12.4. The highest BCUT2D eigenvalue weighted by Crippen LogP contribution is 2.50. The Hall–Kier alpha value is -4.36. The van der Waals surface area contributed by atoms with Crippen molar-refractivity contribution < 1.29 is 9.59 Å². The highest BCUT2D eigenvalue weighted by molar-refractivity contribution is 7.77. The van der Waals surface area contributed by atoms with Crippen LogP contribution in [0.3, 0.4) is 0 Å². The number of carbonyl (C=O) groups excluding carboxylic acids is 2. The first-order valence-corrected chi connectivity index (χ1v) is 19.5. The van der Waals surface area contributed by atoms with Gasteiger partial charge in [-0.25, -0.2) is 0 Å². The monoisotopic (exact) mass is 666 g/mol. The van der Waals surface area contributed by atoms with Crippen LogP contribution in [0, 0.1) is 11.8 Å². The van der Waals surface area contributed by atoms with Crippen molar-refractivity contribution in [2.75, 3.05) is 0 Å². The highest BCUT2D eigenvalue weighted by atomic mass is 31.1. The molecule has 0 bridgehead atoms. The normalized spacial score (nSPS) is 21.6. The molecule has 0 aliphatic heterocycles. The molecule has 48 heavy (non-hydrogen) atoms. The van der Waals surface area contributed by atoms with Gasteiger partial charge in [0.05, 0.1) is 11.8 Å². The van der Waals surface area contributed by atoms with Crippen molar-refractivity contribution in [1.29, 1.82) is 0 Å². The number of carbonyl (C=O) groups is 2. The Balaban J connectivity index is 1.08. The fourth-order valence-electron chi connectivity index (χ4n) is 7.03. The summed E-state index contributed by atoms with van der Waals surface area (Å²) in [5.74, 6) is -0.665. The molecule has 0 heterocycles. The van der Waals surface area contributed by atoms with Gasteiger partial charge in [0.25, 0.3) is 0 Å². The van der Waals surface area contributed by atoms with Crippen molar-refractivity contribution in [1.82, 2.24) is 10.6 Å².